The zero-order chi connectivity index (χ0) is 21.4. The smallest absolute Gasteiger partial charge is 0.252 e. The monoisotopic (exact) mass is 414 g/mol. The number of pyridine rings is 2. The van der Waals surface area contributed by atoms with E-state index in [1.54, 1.807) is 24.3 Å². The second-order valence-corrected chi connectivity index (χ2v) is 8.84. The van der Waals surface area contributed by atoms with Gasteiger partial charge < -0.3 is 5.32 Å². The summed E-state index contributed by atoms with van der Waals surface area (Å²) in [6, 6.07) is 12.0. The fourth-order valence-corrected chi connectivity index (χ4v) is 5.59. The summed E-state index contributed by atoms with van der Waals surface area (Å²) in [7, 11) is 0. The highest BCUT2D eigenvalue weighted by atomic mass is 19.1. The van der Waals surface area contributed by atoms with Crippen molar-refractivity contribution in [1.29, 1.82) is 5.26 Å². The summed E-state index contributed by atoms with van der Waals surface area (Å²) in [5, 5.41) is 12.8. The highest BCUT2D eigenvalue weighted by molar-refractivity contribution is 5.93. The minimum absolute atomic E-state index is 0.141. The van der Waals surface area contributed by atoms with Crippen LogP contribution in [-0.4, -0.2) is 22.4 Å². The molecule has 2 saturated carbocycles. The van der Waals surface area contributed by atoms with E-state index in [0.717, 1.165) is 36.6 Å². The van der Waals surface area contributed by atoms with Crippen molar-refractivity contribution in [3.8, 4) is 6.07 Å². The molecule has 5 rings (SSSR count). The predicted octanol–water partition coefficient (Wildman–Crippen LogP) is 4.59. The molecule has 0 saturated heterocycles. The Balaban J connectivity index is 1.19. The number of nitriles is 1. The van der Waals surface area contributed by atoms with E-state index in [-0.39, 0.29) is 11.7 Å². The Morgan fingerprint density at radius 1 is 1.10 bits per heavy atom. The second-order valence-electron chi connectivity index (χ2n) is 8.84. The zero-order valence-electron chi connectivity index (χ0n) is 17.1. The van der Waals surface area contributed by atoms with Crippen LogP contribution >= 0.6 is 0 Å². The molecule has 3 aromatic rings. The number of benzene rings is 1. The molecule has 4 atom stereocenters. The molecule has 31 heavy (non-hydrogen) atoms. The largest absolute Gasteiger partial charge is 0.352 e. The van der Waals surface area contributed by atoms with Gasteiger partial charge in [0.15, 0.2) is 0 Å². The van der Waals surface area contributed by atoms with E-state index in [2.05, 4.69) is 21.4 Å². The maximum atomic E-state index is 13.8. The number of amides is 1. The van der Waals surface area contributed by atoms with E-state index in [9.17, 15) is 9.18 Å². The van der Waals surface area contributed by atoms with Gasteiger partial charge in [0.25, 0.3) is 5.91 Å². The van der Waals surface area contributed by atoms with Crippen LogP contribution in [0.3, 0.4) is 0 Å². The average Bonchev–Trinajstić information content (AvgIpc) is 3.36. The summed E-state index contributed by atoms with van der Waals surface area (Å²) in [6.07, 6.45) is 7.74. The first kappa shape index (κ1) is 19.6. The molecule has 2 aromatic heterocycles. The van der Waals surface area contributed by atoms with Crippen molar-refractivity contribution in [2.24, 2.45) is 17.8 Å². The number of nitrogens with zero attached hydrogens (tertiary/aromatic N) is 3. The Bertz CT molecular complexity index is 1160. The zero-order valence-corrected chi connectivity index (χ0v) is 17.1. The predicted molar refractivity (Wildman–Crippen MR) is 115 cm³/mol. The van der Waals surface area contributed by atoms with Gasteiger partial charge >= 0.3 is 0 Å². The van der Waals surface area contributed by atoms with Gasteiger partial charge in [-0.1, -0.05) is 0 Å². The van der Waals surface area contributed by atoms with E-state index in [1.807, 2.05) is 12.3 Å². The maximum Gasteiger partial charge on any atom is 0.252 e. The molecule has 2 heterocycles. The number of halogens is 1. The Hall–Kier alpha value is -3.33. The lowest BCUT2D eigenvalue weighted by Crippen LogP contribution is -2.28. The third-order valence-electron chi connectivity index (χ3n) is 6.98. The molecule has 5 nitrogen and oxygen atoms in total. The highest BCUT2D eigenvalue weighted by Gasteiger charge is 2.42. The number of hydrogen-bond donors (Lipinski definition) is 1. The number of hydrogen-bond acceptors (Lipinski definition) is 4. The van der Waals surface area contributed by atoms with Crippen molar-refractivity contribution in [3.05, 3.63) is 71.4 Å². The minimum atomic E-state index is -0.215. The number of carbonyl (C=O) groups excluding carboxylic acids is 1. The lowest BCUT2D eigenvalue weighted by Gasteiger charge is -2.17. The third kappa shape index (κ3) is 3.88. The fourth-order valence-electron chi connectivity index (χ4n) is 5.59. The van der Waals surface area contributed by atoms with Gasteiger partial charge in [0.05, 0.1) is 11.1 Å². The van der Waals surface area contributed by atoms with E-state index in [1.165, 1.54) is 17.8 Å². The van der Waals surface area contributed by atoms with Gasteiger partial charge in [-0.3, -0.25) is 9.78 Å². The van der Waals surface area contributed by atoms with Crippen LogP contribution in [0.4, 0.5) is 4.39 Å². The van der Waals surface area contributed by atoms with Gasteiger partial charge in [-0.2, -0.15) is 5.26 Å². The Morgan fingerprint density at radius 3 is 2.61 bits per heavy atom. The molecule has 0 spiro atoms. The van der Waals surface area contributed by atoms with Crippen LogP contribution in [-0.2, 0) is 0 Å². The Labute approximate surface area is 180 Å². The van der Waals surface area contributed by atoms with Gasteiger partial charge in [0.2, 0.25) is 0 Å². The molecule has 2 aliphatic rings. The molecule has 0 bridgehead atoms. The molecule has 2 unspecified atom stereocenters. The van der Waals surface area contributed by atoms with Gasteiger partial charge in [-0.25, -0.2) is 9.37 Å². The van der Waals surface area contributed by atoms with Gasteiger partial charge in [0.1, 0.15) is 17.6 Å². The molecule has 0 aliphatic heterocycles. The molecule has 156 valence electrons. The van der Waals surface area contributed by atoms with Gasteiger partial charge in [-0.15, -0.1) is 0 Å². The van der Waals surface area contributed by atoms with Gasteiger partial charge in [-0.05, 0) is 91.3 Å². The van der Waals surface area contributed by atoms with E-state index < -0.39 is 0 Å². The van der Waals surface area contributed by atoms with Crippen LogP contribution in [0.1, 0.15) is 53.2 Å². The Kier molecular flexibility index (Phi) is 5.11. The summed E-state index contributed by atoms with van der Waals surface area (Å²) in [5.74, 6) is 1.88. The quantitative estimate of drug-likeness (QED) is 0.677. The van der Waals surface area contributed by atoms with E-state index in [0.29, 0.717) is 41.5 Å². The standard InChI is InChI=1S/C25H23FN4O/c26-20-2-4-24-23(11-20)22(5-6-28-24)19-9-17-7-15(8-18(17)10-19)13-30-25(31)16-1-3-21(12-27)29-14-16/h1-6,11,14-15,17-19H,7-10,13H2,(H,30,31)/t15?,17-,18+,19?. The maximum absolute atomic E-state index is 13.8. The molecule has 2 aliphatic carbocycles. The SMILES string of the molecule is N#Cc1ccc(C(=O)NCC2C[C@@H]3CC(c4ccnc5ccc(F)cc45)C[C@@H]3C2)cn1. The molecule has 2 fully saturated rings. The first-order valence-corrected chi connectivity index (χ1v) is 10.8. The molecule has 1 amide bonds. The molecule has 1 aromatic carbocycles. The van der Waals surface area contributed by atoms with Gasteiger partial charge in [0, 0.05) is 24.3 Å². The van der Waals surface area contributed by atoms with Crippen molar-refractivity contribution < 1.29 is 9.18 Å². The van der Waals surface area contributed by atoms with E-state index in [4.69, 9.17) is 5.26 Å². The minimum Gasteiger partial charge on any atom is -0.352 e. The normalized spacial score (nSPS) is 24.6. The highest BCUT2D eigenvalue weighted by Crippen LogP contribution is 2.53. The molecule has 0 radical (unpaired) electrons. The van der Waals surface area contributed by atoms with Crippen molar-refractivity contribution in [1.82, 2.24) is 15.3 Å². The van der Waals surface area contributed by atoms with Crippen LogP contribution in [0.25, 0.3) is 10.9 Å². The number of fused-ring (bicyclic) bond motifs is 2. The average molecular weight is 414 g/mol. The molecular formula is C25H23FN4O. The van der Waals surface area contributed by atoms with Crippen LogP contribution in [0.15, 0.2) is 48.8 Å². The first-order chi connectivity index (χ1) is 15.1. The number of nitrogens with one attached hydrogen (secondary N) is 1. The fraction of sp³-hybridized carbons (Fsp3) is 0.360. The first-order valence-electron chi connectivity index (χ1n) is 10.8. The molecular weight excluding hydrogens is 391 g/mol. The van der Waals surface area contributed by atoms with Crippen molar-refractivity contribution in [2.45, 2.75) is 31.6 Å². The van der Waals surface area contributed by atoms with Crippen LogP contribution in [0.5, 0.6) is 0 Å². The number of carbonyl (C=O) groups is 1. The lowest BCUT2D eigenvalue weighted by atomic mass is 9.90. The van der Waals surface area contributed by atoms with Crippen LogP contribution < -0.4 is 5.32 Å². The summed E-state index contributed by atoms with van der Waals surface area (Å²) < 4.78 is 13.8. The topological polar surface area (TPSA) is 78.7 Å². The molecule has 1 N–H and O–H groups in total. The van der Waals surface area contributed by atoms with Crippen molar-refractivity contribution in [2.75, 3.05) is 6.54 Å². The van der Waals surface area contributed by atoms with Crippen LogP contribution in [0.2, 0.25) is 0 Å². The second kappa shape index (κ2) is 8.07. The Morgan fingerprint density at radius 2 is 1.90 bits per heavy atom. The van der Waals surface area contributed by atoms with Crippen molar-refractivity contribution >= 4 is 16.8 Å². The number of aromatic nitrogens is 2. The van der Waals surface area contributed by atoms with Crippen LogP contribution in [0, 0.1) is 34.9 Å². The summed E-state index contributed by atoms with van der Waals surface area (Å²) in [5.41, 5.74) is 2.86. The molecule has 6 heteroatoms. The van der Waals surface area contributed by atoms with E-state index >= 15 is 0 Å². The lowest BCUT2D eigenvalue weighted by molar-refractivity contribution is 0.0946. The summed E-state index contributed by atoms with van der Waals surface area (Å²) in [4.78, 5) is 20.7. The van der Waals surface area contributed by atoms with Crippen molar-refractivity contribution in [3.63, 3.8) is 0 Å². The summed E-state index contributed by atoms with van der Waals surface area (Å²) in [6.45, 7) is 0.667. The number of rotatable bonds is 4. The third-order valence-corrected chi connectivity index (χ3v) is 6.98. The summed E-state index contributed by atoms with van der Waals surface area (Å²) >= 11 is 0.